The Kier molecular flexibility index (Phi) is 8.78. The van der Waals surface area contributed by atoms with Crippen LogP contribution in [0.15, 0.2) is 35.3 Å². The van der Waals surface area contributed by atoms with Crippen LogP contribution in [0.1, 0.15) is 44.1 Å². The van der Waals surface area contributed by atoms with Crippen LogP contribution in [0, 0.1) is 5.92 Å². The molecule has 1 aliphatic carbocycles. The van der Waals surface area contributed by atoms with E-state index in [9.17, 15) is 5.11 Å². The van der Waals surface area contributed by atoms with Gasteiger partial charge in [-0.2, -0.15) is 0 Å². The predicted molar refractivity (Wildman–Crippen MR) is 103 cm³/mol. The van der Waals surface area contributed by atoms with Crippen LogP contribution >= 0.6 is 24.0 Å². The first-order valence-electron chi connectivity index (χ1n) is 7.92. The number of aliphatic imine (C=N–C) groups is 1. The maximum atomic E-state index is 9.67. The molecule has 0 saturated heterocycles. The van der Waals surface area contributed by atoms with Gasteiger partial charge in [0.15, 0.2) is 5.96 Å². The maximum absolute atomic E-state index is 9.67. The van der Waals surface area contributed by atoms with E-state index in [0.29, 0.717) is 18.9 Å². The van der Waals surface area contributed by atoms with Gasteiger partial charge in [-0.05, 0) is 37.7 Å². The Balaban J connectivity index is 0.00000242. The van der Waals surface area contributed by atoms with Crippen LogP contribution in [0.2, 0.25) is 0 Å². The van der Waals surface area contributed by atoms with Gasteiger partial charge in [0.2, 0.25) is 0 Å². The van der Waals surface area contributed by atoms with Crippen LogP contribution in [0.3, 0.4) is 0 Å². The lowest BCUT2D eigenvalue weighted by molar-refractivity contribution is 0.175. The molecule has 1 fully saturated rings. The number of nitrogens with zero attached hydrogens (tertiary/aromatic N) is 1. The largest absolute Gasteiger partial charge is 0.393 e. The van der Waals surface area contributed by atoms with E-state index in [0.717, 1.165) is 12.5 Å². The van der Waals surface area contributed by atoms with E-state index in [1.54, 1.807) is 0 Å². The fourth-order valence-corrected chi connectivity index (χ4v) is 2.66. The highest BCUT2D eigenvalue weighted by molar-refractivity contribution is 14.0. The van der Waals surface area contributed by atoms with Gasteiger partial charge >= 0.3 is 0 Å². The van der Waals surface area contributed by atoms with Crippen LogP contribution < -0.4 is 11.1 Å². The molecule has 2 unspecified atom stereocenters. The minimum Gasteiger partial charge on any atom is -0.393 e. The van der Waals surface area contributed by atoms with Crippen LogP contribution in [-0.2, 0) is 0 Å². The average molecular weight is 417 g/mol. The van der Waals surface area contributed by atoms with Gasteiger partial charge in [-0.15, -0.1) is 24.0 Å². The third-order valence-electron chi connectivity index (χ3n) is 4.18. The number of aliphatic hydroxyl groups excluding tert-OH is 1. The lowest BCUT2D eigenvalue weighted by Gasteiger charge is -2.25. The third kappa shape index (κ3) is 6.52. The smallest absolute Gasteiger partial charge is 0.188 e. The van der Waals surface area contributed by atoms with Crippen molar-refractivity contribution in [2.45, 2.75) is 44.6 Å². The summed E-state index contributed by atoms with van der Waals surface area (Å²) >= 11 is 0. The van der Waals surface area contributed by atoms with Gasteiger partial charge in [0.05, 0.1) is 6.10 Å². The summed E-state index contributed by atoms with van der Waals surface area (Å²) in [6.07, 6.45) is 4.30. The highest BCUT2D eigenvalue weighted by Gasteiger charge is 2.17. The SMILES string of the molecule is CC(O)CC(CN=C(N)NCC1CCC1)c1ccccc1.I. The van der Waals surface area contributed by atoms with Gasteiger partial charge in [0.1, 0.15) is 0 Å². The number of nitrogens with one attached hydrogen (secondary N) is 1. The van der Waals surface area contributed by atoms with E-state index in [2.05, 4.69) is 22.4 Å². The first-order valence-corrected chi connectivity index (χ1v) is 7.92. The van der Waals surface area contributed by atoms with E-state index in [-0.39, 0.29) is 36.0 Å². The minimum atomic E-state index is -0.338. The van der Waals surface area contributed by atoms with Crippen molar-refractivity contribution in [3.63, 3.8) is 0 Å². The summed E-state index contributed by atoms with van der Waals surface area (Å²) in [7, 11) is 0. The summed E-state index contributed by atoms with van der Waals surface area (Å²) in [5.74, 6) is 1.49. The van der Waals surface area contributed by atoms with Crippen molar-refractivity contribution < 1.29 is 5.11 Å². The Labute approximate surface area is 150 Å². The zero-order valence-electron chi connectivity index (χ0n) is 13.2. The first-order chi connectivity index (χ1) is 10.1. The standard InChI is InChI=1S/C17H27N3O.HI/c1-13(21)10-16(15-8-3-2-4-9-15)12-20-17(18)19-11-14-6-5-7-14;/h2-4,8-9,13-14,16,21H,5-7,10-12H2,1H3,(H3,18,19,20);1H. The van der Waals surface area contributed by atoms with E-state index in [1.807, 2.05) is 25.1 Å². The molecular weight excluding hydrogens is 389 g/mol. The van der Waals surface area contributed by atoms with Crippen molar-refractivity contribution in [2.24, 2.45) is 16.6 Å². The second kappa shape index (κ2) is 10.0. The molecule has 0 aliphatic heterocycles. The van der Waals surface area contributed by atoms with E-state index < -0.39 is 0 Å². The van der Waals surface area contributed by atoms with Gasteiger partial charge < -0.3 is 16.2 Å². The zero-order chi connectivity index (χ0) is 15.1. The van der Waals surface area contributed by atoms with Crippen molar-refractivity contribution in [3.05, 3.63) is 35.9 Å². The summed E-state index contributed by atoms with van der Waals surface area (Å²) in [5.41, 5.74) is 7.14. The molecule has 2 rings (SSSR count). The van der Waals surface area contributed by atoms with Crippen LogP contribution in [-0.4, -0.2) is 30.3 Å². The molecule has 0 bridgehead atoms. The number of guanidine groups is 1. The Bertz CT molecular complexity index is 446. The van der Waals surface area contributed by atoms with E-state index >= 15 is 0 Å². The van der Waals surface area contributed by atoms with Crippen molar-refractivity contribution in [3.8, 4) is 0 Å². The monoisotopic (exact) mass is 417 g/mol. The van der Waals surface area contributed by atoms with Crippen LogP contribution in [0.4, 0.5) is 0 Å². The fraction of sp³-hybridized carbons (Fsp3) is 0.588. The van der Waals surface area contributed by atoms with Gasteiger partial charge in [-0.1, -0.05) is 36.8 Å². The van der Waals surface area contributed by atoms with Crippen molar-refractivity contribution >= 4 is 29.9 Å². The molecule has 5 heteroatoms. The topological polar surface area (TPSA) is 70.6 Å². The molecule has 2 atom stereocenters. The van der Waals surface area contributed by atoms with Gasteiger partial charge in [-0.3, -0.25) is 4.99 Å². The molecule has 1 aromatic rings. The molecule has 0 aromatic heterocycles. The second-order valence-electron chi connectivity index (χ2n) is 6.10. The van der Waals surface area contributed by atoms with Crippen molar-refractivity contribution in [2.75, 3.05) is 13.1 Å². The summed E-state index contributed by atoms with van der Waals surface area (Å²) in [6.45, 7) is 3.36. The van der Waals surface area contributed by atoms with Crippen molar-refractivity contribution in [1.29, 1.82) is 0 Å². The normalized spacial score (nSPS) is 18.0. The molecule has 1 saturated carbocycles. The maximum Gasteiger partial charge on any atom is 0.188 e. The lowest BCUT2D eigenvalue weighted by Crippen LogP contribution is -2.37. The lowest BCUT2D eigenvalue weighted by atomic mass is 9.85. The number of benzene rings is 1. The molecule has 4 N–H and O–H groups in total. The third-order valence-corrected chi connectivity index (χ3v) is 4.18. The average Bonchev–Trinajstić information content (AvgIpc) is 2.42. The summed E-state index contributed by atoms with van der Waals surface area (Å²) < 4.78 is 0. The molecule has 0 spiro atoms. The number of aliphatic hydroxyl groups is 1. The van der Waals surface area contributed by atoms with Gasteiger partial charge in [0.25, 0.3) is 0 Å². The number of hydrogen-bond acceptors (Lipinski definition) is 2. The summed E-state index contributed by atoms with van der Waals surface area (Å²) in [6, 6.07) is 10.2. The Morgan fingerprint density at radius 2 is 2.05 bits per heavy atom. The van der Waals surface area contributed by atoms with E-state index in [1.165, 1.54) is 24.8 Å². The van der Waals surface area contributed by atoms with E-state index in [4.69, 9.17) is 5.73 Å². The molecular formula is C17H28IN3O. The number of hydrogen-bond donors (Lipinski definition) is 3. The fourth-order valence-electron chi connectivity index (χ4n) is 2.66. The summed E-state index contributed by atoms with van der Waals surface area (Å²) in [4.78, 5) is 4.46. The molecule has 4 nitrogen and oxygen atoms in total. The molecule has 0 amide bonds. The Morgan fingerprint density at radius 3 is 2.59 bits per heavy atom. The molecule has 0 radical (unpaired) electrons. The quantitative estimate of drug-likeness (QED) is 0.363. The second-order valence-corrected chi connectivity index (χ2v) is 6.10. The molecule has 22 heavy (non-hydrogen) atoms. The van der Waals surface area contributed by atoms with Crippen molar-refractivity contribution in [1.82, 2.24) is 5.32 Å². The van der Waals surface area contributed by atoms with Crippen LogP contribution in [0.5, 0.6) is 0 Å². The first kappa shape index (κ1) is 19.2. The number of rotatable bonds is 7. The minimum absolute atomic E-state index is 0. The Morgan fingerprint density at radius 1 is 1.36 bits per heavy atom. The molecule has 1 aliphatic rings. The number of halogens is 1. The molecule has 0 heterocycles. The number of nitrogens with two attached hydrogens (primary N) is 1. The summed E-state index contributed by atoms with van der Waals surface area (Å²) in [5, 5.41) is 12.9. The zero-order valence-corrected chi connectivity index (χ0v) is 15.6. The Hall–Kier alpha value is -0.820. The highest BCUT2D eigenvalue weighted by atomic mass is 127. The van der Waals surface area contributed by atoms with Gasteiger partial charge in [0, 0.05) is 19.0 Å². The predicted octanol–water partition coefficient (Wildman–Crippen LogP) is 2.86. The highest BCUT2D eigenvalue weighted by Crippen LogP contribution is 2.25. The van der Waals surface area contributed by atoms with Crippen LogP contribution in [0.25, 0.3) is 0 Å². The molecule has 1 aromatic carbocycles. The van der Waals surface area contributed by atoms with Gasteiger partial charge in [-0.25, -0.2) is 0 Å². The molecule has 124 valence electrons.